The molecular weight excluding hydrogens is 292 g/mol. The van der Waals surface area contributed by atoms with Crippen LogP contribution < -0.4 is 16.6 Å². The maximum atomic E-state index is 12.5. The predicted molar refractivity (Wildman–Crippen MR) is 89.0 cm³/mol. The molecule has 0 spiro atoms. The number of nitrogens with one attached hydrogen (secondary N) is 2. The van der Waals surface area contributed by atoms with Crippen molar-refractivity contribution in [3.63, 3.8) is 0 Å². The Hall–Kier alpha value is -2.99. The number of nitrogens with zero attached hydrogens (tertiary/aromatic N) is 1. The summed E-state index contributed by atoms with van der Waals surface area (Å²) in [5.74, 6) is -0.381. The van der Waals surface area contributed by atoms with Gasteiger partial charge in [-0.15, -0.1) is 0 Å². The van der Waals surface area contributed by atoms with Gasteiger partial charge in [0.05, 0.1) is 10.9 Å². The lowest BCUT2D eigenvalue weighted by Crippen LogP contribution is -2.46. The minimum atomic E-state index is -1.24. The highest BCUT2D eigenvalue weighted by molar-refractivity contribution is 5.97. The maximum absolute atomic E-state index is 12.5. The number of benzene rings is 2. The second-order valence-corrected chi connectivity index (χ2v) is 5.45. The number of aromatic nitrogens is 2. The van der Waals surface area contributed by atoms with Crippen LogP contribution in [0.1, 0.15) is 12.5 Å². The molecule has 1 heterocycles. The van der Waals surface area contributed by atoms with Gasteiger partial charge in [0.2, 0.25) is 5.95 Å². The molecule has 0 fully saturated rings. The Morgan fingerprint density at radius 3 is 2.52 bits per heavy atom. The lowest BCUT2D eigenvalue weighted by Gasteiger charge is -2.23. The van der Waals surface area contributed by atoms with Crippen molar-refractivity contribution in [1.29, 1.82) is 0 Å². The van der Waals surface area contributed by atoms with Gasteiger partial charge in [0, 0.05) is 0 Å². The smallest absolute Gasteiger partial charge is 0.260 e. The van der Waals surface area contributed by atoms with E-state index in [1.165, 1.54) is 0 Å². The molecule has 0 unspecified atom stereocenters. The summed E-state index contributed by atoms with van der Waals surface area (Å²) in [5, 5.41) is 3.05. The number of carbonyl (C=O) groups excluding carboxylic acids is 1. The number of nitrogens with two attached hydrogens (primary N) is 1. The zero-order chi connectivity index (χ0) is 16.4. The number of rotatable bonds is 3. The molecule has 3 aromatic rings. The Morgan fingerprint density at radius 1 is 1.13 bits per heavy atom. The molecule has 0 aliphatic carbocycles. The molecule has 2 aromatic carbocycles. The van der Waals surface area contributed by atoms with E-state index >= 15 is 0 Å². The minimum absolute atomic E-state index is 0.0753. The van der Waals surface area contributed by atoms with Crippen LogP contribution in [0.4, 0.5) is 5.95 Å². The number of anilines is 1. The van der Waals surface area contributed by atoms with E-state index in [-0.39, 0.29) is 11.5 Å². The summed E-state index contributed by atoms with van der Waals surface area (Å²) in [6, 6.07) is 15.9. The van der Waals surface area contributed by atoms with E-state index in [0.29, 0.717) is 16.5 Å². The van der Waals surface area contributed by atoms with Gasteiger partial charge in [-0.3, -0.25) is 19.9 Å². The Kier molecular flexibility index (Phi) is 3.67. The Morgan fingerprint density at radius 2 is 1.78 bits per heavy atom. The minimum Gasteiger partial charge on any atom is -0.314 e. The fourth-order valence-corrected chi connectivity index (χ4v) is 2.30. The van der Waals surface area contributed by atoms with Gasteiger partial charge in [-0.25, -0.2) is 4.98 Å². The van der Waals surface area contributed by atoms with E-state index in [1.54, 1.807) is 43.3 Å². The van der Waals surface area contributed by atoms with E-state index < -0.39 is 11.4 Å². The van der Waals surface area contributed by atoms with Crippen molar-refractivity contribution in [3.05, 3.63) is 70.5 Å². The molecule has 116 valence electrons. The second kappa shape index (κ2) is 5.66. The third-order valence-electron chi connectivity index (χ3n) is 3.69. The Balaban J connectivity index is 1.93. The molecule has 4 N–H and O–H groups in total. The summed E-state index contributed by atoms with van der Waals surface area (Å²) in [5.41, 5.74) is 5.76. The van der Waals surface area contributed by atoms with Crippen LogP contribution in [0, 0.1) is 0 Å². The second-order valence-electron chi connectivity index (χ2n) is 5.45. The monoisotopic (exact) mass is 308 g/mol. The Labute approximate surface area is 132 Å². The van der Waals surface area contributed by atoms with Crippen LogP contribution >= 0.6 is 0 Å². The fraction of sp³-hybridized carbons (Fsp3) is 0.118. The normalized spacial score (nSPS) is 13.5. The molecule has 0 aliphatic rings. The first-order chi connectivity index (χ1) is 11.0. The molecular formula is C17H16N4O2. The summed E-state index contributed by atoms with van der Waals surface area (Å²) in [7, 11) is 0. The van der Waals surface area contributed by atoms with Crippen LogP contribution in [0.15, 0.2) is 59.4 Å². The van der Waals surface area contributed by atoms with Crippen LogP contribution in [0.5, 0.6) is 0 Å². The van der Waals surface area contributed by atoms with Gasteiger partial charge in [-0.2, -0.15) is 0 Å². The van der Waals surface area contributed by atoms with E-state index in [4.69, 9.17) is 5.73 Å². The number of H-pyrrole nitrogens is 1. The summed E-state index contributed by atoms with van der Waals surface area (Å²) >= 11 is 0. The maximum Gasteiger partial charge on any atom is 0.260 e. The van der Waals surface area contributed by atoms with Crippen molar-refractivity contribution in [1.82, 2.24) is 9.97 Å². The highest BCUT2D eigenvalue weighted by Crippen LogP contribution is 2.19. The zero-order valence-electron chi connectivity index (χ0n) is 12.5. The zero-order valence-corrected chi connectivity index (χ0v) is 12.5. The largest absolute Gasteiger partial charge is 0.314 e. The summed E-state index contributed by atoms with van der Waals surface area (Å²) in [6.45, 7) is 1.61. The molecule has 6 nitrogen and oxygen atoms in total. The summed E-state index contributed by atoms with van der Waals surface area (Å²) in [4.78, 5) is 31.3. The van der Waals surface area contributed by atoms with E-state index in [2.05, 4.69) is 15.3 Å². The number of fused-ring (bicyclic) bond motifs is 1. The van der Waals surface area contributed by atoms with Crippen molar-refractivity contribution in [2.45, 2.75) is 12.5 Å². The van der Waals surface area contributed by atoms with Crippen molar-refractivity contribution < 1.29 is 4.79 Å². The molecule has 23 heavy (non-hydrogen) atoms. The van der Waals surface area contributed by atoms with E-state index in [9.17, 15) is 9.59 Å². The first kappa shape index (κ1) is 14.9. The molecule has 0 bridgehead atoms. The molecule has 1 atom stereocenters. The summed E-state index contributed by atoms with van der Waals surface area (Å²) < 4.78 is 0. The first-order valence-electron chi connectivity index (χ1n) is 7.13. The van der Waals surface area contributed by atoms with Gasteiger partial charge in [0.1, 0.15) is 5.54 Å². The van der Waals surface area contributed by atoms with Gasteiger partial charge >= 0.3 is 0 Å². The Bertz CT molecular complexity index is 917. The number of para-hydroxylation sites is 1. The highest BCUT2D eigenvalue weighted by Gasteiger charge is 2.30. The molecule has 0 saturated carbocycles. The quantitative estimate of drug-likeness (QED) is 0.686. The van der Waals surface area contributed by atoms with Crippen LogP contribution in [0.3, 0.4) is 0 Å². The number of aromatic amines is 1. The fourth-order valence-electron chi connectivity index (χ4n) is 2.30. The molecule has 0 saturated heterocycles. The van der Waals surface area contributed by atoms with Crippen molar-refractivity contribution in [3.8, 4) is 0 Å². The van der Waals surface area contributed by atoms with E-state index in [1.807, 2.05) is 18.2 Å². The third kappa shape index (κ3) is 2.84. The number of hydrogen-bond donors (Lipinski definition) is 3. The topological polar surface area (TPSA) is 101 Å². The van der Waals surface area contributed by atoms with Crippen LogP contribution in [0.25, 0.3) is 10.9 Å². The van der Waals surface area contributed by atoms with Gasteiger partial charge in [0.15, 0.2) is 0 Å². The summed E-state index contributed by atoms with van der Waals surface area (Å²) in [6.07, 6.45) is 0. The predicted octanol–water partition coefficient (Wildman–Crippen LogP) is 1.74. The van der Waals surface area contributed by atoms with Crippen LogP contribution in [-0.2, 0) is 10.3 Å². The third-order valence-corrected chi connectivity index (χ3v) is 3.69. The van der Waals surface area contributed by atoms with Gasteiger partial charge < -0.3 is 5.73 Å². The number of amides is 1. The lowest BCUT2D eigenvalue weighted by molar-refractivity contribution is -0.120. The standard InChI is InChI=1S/C17H16N4O2/c1-17(18,11-7-3-2-4-8-11)15(23)21-16-19-13-10-6-5-9-12(13)14(22)20-16/h2-10H,18H2,1H3,(H2,19,20,21,22,23)/t17-/m1/s1. The van der Waals surface area contributed by atoms with Gasteiger partial charge in [-0.1, -0.05) is 42.5 Å². The lowest BCUT2D eigenvalue weighted by atomic mass is 9.92. The van der Waals surface area contributed by atoms with Gasteiger partial charge in [0.25, 0.3) is 11.5 Å². The number of hydrogen-bond acceptors (Lipinski definition) is 4. The average Bonchev–Trinajstić information content (AvgIpc) is 2.55. The highest BCUT2D eigenvalue weighted by atomic mass is 16.2. The van der Waals surface area contributed by atoms with Crippen LogP contribution in [0.2, 0.25) is 0 Å². The van der Waals surface area contributed by atoms with E-state index in [0.717, 1.165) is 0 Å². The molecule has 3 rings (SSSR count). The average molecular weight is 308 g/mol. The van der Waals surface area contributed by atoms with Gasteiger partial charge in [-0.05, 0) is 24.6 Å². The molecule has 1 aromatic heterocycles. The molecule has 0 radical (unpaired) electrons. The molecule has 0 aliphatic heterocycles. The van der Waals surface area contributed by atoms with Crippen molar-refractivity contribution in [2.75, 3.05) is 5.32 Å². The van der Waals surface area contributed by atoms with Crippen molar-refractivity contribution in [2.24, 2.45) is 5.73 Å². The van der Waals surface area contributed by atoms with Crippen molar-refractivity contribution >= 4 is 22.8 Å². The first-order valence-corrected chi connectivity index (χ1v) is 7.13. The molecule has 1 amide bonds. The molecule has 6 heteroatoms. The number of carbonyl (C=O) groups is 1. The van der Waals surface area contributed by atoms with Crippen LogP contribution in [-0.4, -0.2) is 15.9 Å². The SMILES string of the molecule is C[C@](N)(C(=O)Nc1nc2ccccc2c(=O)[nH]1)c1ccccc1.